The molecule has 1 atom stereocenters. The predicted molar refractivity (Wildman–Crippen MR) is 45.0 cm³/mol. The number of carbonyl (C=O) groups excluding carboxylic acids is 1. The van der Waals surface area contributed by atoms with Crippen LogP contribution in [0.25, 0.3) is 0 Å². The highest BCUT2D eigenvalue weighted by molar-refractivity contribution is 6.05. The maximum Gasteiger partial charge on any atom is 0.430 e. The molecule has 1 aliphatic rings. The van der Waals surface area contributed by atoms with Gasteiger partial charge in [0.15, 0.2) is 0 Å². The number of rotatable bonds is 0. The molecule has 2 rings (SSSR count). The lowest BCUT2D eigenvalue weighted by Gasteiger charge is -2.23. The molecule has 1 aromatic rings. The summed E-state index contributed by atoms with van der Waals surface area (Å²) in [4.78, 5) is 11.1. The lowest BCUT2D eigenvalue weighted by Crippen LogP contribution is -2.47. The smallest absolute Gasteiger partial charge is 0.368 e. The van der Waals surface area contributed by atoms with Gasteiger partial charge in [-0.25, -0.2) is 0 Å². The number of benzene rings is 1. The van der Waals surface area contributed by atoms with Gasteiger partial charge in [-0.2, -0.15) is 13.2 Å². The van der Waals surface area contributed by atoms with Crippen molar-refractivity contribution in [3.8, 4) is 0 Å². The first-order valence-corrected chi connectivity index (χ1v) is 4.07. The van der Waals surface area contributed by atoms with Crippen LogP contribution in [0.4, 0.5) is 18.9 Å². The van der Waals surface area contributed by atoms with Gasteiger partial charge in [0, 0.05) is 11.3 Å². The molecule has 0 bridgehead atoms. The molecule has 1 amide bonds. The molecule has 0 saturated heterocycles. The van der Waals surface area contributed by atoms with Crippen LogP contribution in [-0.4, -0.2) is 17.2 Å². The summed E-state index contributed by atoms with van der Waals surface area (Å²) in [5.74, 6) is -1.46. The van der Waals surface area contributed by atoms with Crippen molar-refractivity contribution in [3.05, 3.63) is 29.8 Å². The standard InChI is InChI=1S/C9H6F3NO2/c10-9(11,12)8(15)5-3-1-2-4-6(5)13-7(8)14/h1-4,15H,(H,13,14)/t8-/m0/s1. The fourth-order valence-corrected chi connectivity index (χ4v) is 1.52. The summed E-state index contributed by atoms with van der Waals surface area (Å²) in [5, 5.41) is 11.4. The monoisotopic (exact) mass is 217 g/mol. The average Bonchev–Trinajstić information content (AvgIpc) is 2.40. The van der Waals surface area contributed by atoms with Crippen LogP contribution >= 0.6 is 0 Å². The number of alkyl halides is 3. The number of anilines is 1. The van der Waals surface area contributed by atoms with Gasteiger partial charge in [-0.05, 0) is 6.07 Å². The molecule has 3 nitrogen and oxygen atoms in total. The quantitative estimate of drug-likeness (QED) is 0.689. The van der Waals surface area contributed by atoms with Gasteiger partial charge in [-0.15, -0.1) is 0 Å². The third-order valence-electron chi connectivity index (χ3n) is 2.30. The Hall–Kier alpha value is -1.56. The summed E-state index contributed by atoms with van der Waals surface area (Å²) in [6.45, 7) is 0. The molecule has 0 spiro atoms. The lowest BCUT2D eigenvalue weighted by molar-refractivity contribution is -0.252. The zero-order valence-electron chi connectivity index (χ0n) is 7.30. The van der Waals surface area contributed by atoms with Gasteiger partial charge >= 0.3 is 6.18 Å². The van der Waals surface area contributed by atoms with Crippen molar-refractivity contribution in [1.82, 2.24) is 0 Å². The van der Waals surface area contributed by atoms with Gasteiger partial charge in [-0.1, -0.05) is 18.2 Å². The van der Waals surface area contributed by atoms with Crippen LogP contribution in [0.15, 0.2) is 24.3 Å². The first kappa shape index (κ1) is 9.97. The van der Waals surface area contributed by atoms with E-state index in [2.05, 4.69) is 0 Å². The molecule has 0 aromatic heterocycles. The molecular weight excluding hydrogens is 211 g/mol. The second kappa shape index (κ2) is 2.73. The van der Waals surface area contributed by atoms with Gasteiger partial charge in [0.1, 0.15) is 0 Å². The largest absolute Gasteiger partial charge is 0.430 e. The molecule has 1 aromatic carbocycles. The number of carbonyl (C=O) groups is 1. The summed E-state index contributed by atoms with van der Waals surface area (Å²) >= 11 is 0. The maximum atomic E-state index is 12.6. The van der Waals surface area contributed by atoms with E-state index in [9.17, 15) is 23.1 Å². The number of para-hydroxylation sites is 1. The summed E-state index contributed by atoms with van der Waals surface area (Å²) < 4.78 is 37.7. The van der Waals surface area contributed by atoms with Crippen molar-refractivity contribution >= 4 is 11.6 Å². The molecule has 6 heteroatoms. The van der Waals surface area contributed by atoms with Crippen LogP contribution in [0.5, 0.6) is 0 Å². The normalized spacial score (nSPS) is 24.9. The van der Waals surface area contributed by atoms with Crippen molar-refractivity contribution in [1.29, 1.82) is 0 Å². The summed E-state index contributed by atoms with van der Waals surface area (Å²) in [6, 6.07) is 5.18. The van der Waals surface area contributed by atoms with Gasteiger partial charge in [0.25, 0.3) is 11.5 Å². The van der Waals surface area contributed by atoms with Crippen LogP contribution in [0, 0.1) is 0 Å². The Morgan fingerprint density at radius 3 is 2.47 bits per heavy atom. The van der Waals surface area contributed by atoms with Crippen LogP contribution in [0.3, 0.4) is 0 Å². The molecular formula is C9H6F3NO2. The number of fused-ring (bicyclic) bond motifs is 1. The average molecular weight is 217 g/mol. The fraction of sp³-hybridized carbons (Fsp3) is 0.222. The third kappa shape index (κ3) is 1.14. The molecule has 80 valence electrons. The highest BCUT2D eigenvalue weighted by Gasteiger charge is 2.64. The van der Waals surface area contributed by atoms with Crippen LogP contribution in [-0.2, 0) is 10.4 Å². The summed E-state index contributed by atoms with van der Waals surface area (Å²) in [7, 11) is 0. The highest BCUT2D eigenvalue weighted by Crippen LogP contribution is 2.46. The van der Waals surface area contributed by atoms with E-state index in [1.807, 2.05) is 5.32 Å². The molecule has 0 saturated carbocycles. The van der Waals surface area contributed by atoms with Crippen molar-refractivity contribution in [3.63, 3.8) is 0 Å². The Kier molecular flexibility index (Phi) is 1.81. The number of hydrogen-bond donors (Lipinski definition) is 2. The Labute approximate surface area is 82.5 Å². The fourth-order valence-electron chi connectivity index (χ4n) is 1.52. The Bertz CT molecular complexity index is 430. The number of aliphatic hydroxyl groups is 1. The SMILES string of the molecule is O=C1Nc2ccccc2[C@@]1(O)C(F)(F)F. The predicted octanol–water partition coefficient (Wildman–Crippen LogP) is 1.39. The molecule has 0 radical (unpaired) electrons. The van der Waals surface area contributed by atoms with Crippen molar-refractivity contribution in [2.45, 2.75) is 11.8 Å². The van der Waals surface area contributed by atoms with E-state index in [0.717, 1.165) is 6.07 Å². The van der Waals surface area contributed by atoms with E-state index in [1.54, 1.807) is 0 Å². The number of amides is 1. The Morgan fingerprint density at radius 2 is 1.87 bits per heavy atom. The zero-order valence-corrected chi connectivity index (χ0v) is 7.30. The molecule has 0 fully saturated rings. The van der Waals surface area contributed by atoms with Gasteiger partial charge in [-0.3, -0.25) is 4.79 Å². The van der Waals surface area contributed by atoms with Crippen LogP contribution < -0.4 is 5.32 Å². The highest BCUT2D eigenvalue weighted by atomic mass is 19.4. The number of halogens is 3. The van der Waals surface area contributed by atoms with E-state index in [-0.39, 0.29) is 5.69 Å². The lowest BCUT2D eigenvalue weighted by atomic mass is 9.95. The van der Waals surface area contributed by atoms with E-state index < -0.39 is 23.2 Å². The Balaban J connectivity index is 2.65. The number of nitrogens with one attached hydrogen (secondary N) is 1. The molecule has 1 heterocycles. The topological polar surface area (TPSA) is 49.3 Å². The minimum absolute atomic E-state index is 0.0117. The summed E-state index contributed by atoms with van der Waals surface area (Å²) in [5.41, 5.74) is -3.89. The van der Waals surface area contributed by atoms with Crippen molar-refractivity contribution < 1.29 is 23.1 Å². The molecule has 15 heavy (non-hydrogen) atoms. The molecule has 0 unspecified atom stereocenters. The third-order valence-corrected chi connectivity index (χ3v) is 2.30. The van der Waals surface area contributed by atoms with Gasteiger partial charge in [0.2, 0.25) is 0 Å². The molecule has 2 N–H and O–H groups in total. The van der Waals surface area contributed by atoms with Crippen LogP contribution in [0.1, 0.15) is 5.56 Å². The van der Waals surface area contributed by atoms with Crippen LogP contribution in [0.2, 0.25) is 0 Å². The van der Waals surface area contributed by atoms with E-state index in [0.29, 0.717) is 0 Å². The minimum atomic E-state index is -5.02. The second-order valence-electron chi connectivity index (χ2n) is 3.21. The van der Waals surface area contributed by atoms with E-state index >= 15 is 0 Å². The van der Waals surface area contributed by atoms with Gasteiger partial charge in [0.05, 0.1) is 0 Å². The first-order chi connectivity index (χ1) is 6.87. The van der Waals surface area contributed by atoms with E-state index in [1.165, 1.54) is 18.2 Å². The number of hydrogen-bond acceptors (Lipinski definition) is 2. The Morgan fingerprint density at radius 1 is 1.27 bits per heavy atom. The molecule has 0 aliphatic carbocycles. The van der Waals surface area contributed by atoms with Gasteiger partial charge < -0.3 is 10.4 Å². The first-order valence-electron chi connectivity index (χ1n) is 4.07. The second-order valence-corrected chi connectivity index (χ2v) is 3.21. The van der Waals surface area contributed by atoms with E-state index in [4.69, 9.17) is 0 Å². The maximum absolute atomic E-state index is 12.6. The summed E-state index contributed by atoms with van der Waals surface area (Å²) in [6.07, 6.45) is -5.02. The van der Waals surface area contributed by atoms with Crippen molar-refractivity contribution in [2.24, 2.45) is 0 Å². The van der Waals surface area contributed by atoms with Crippen molar-refractivity contribution in [2.75, 3.05) is 5.32 Å². The minimum Gasteiger partial charge on any atom is -0.368 e. The zero-order chi connectivity index (χ0) is 11.3. The molecule has 1 aliphatic heterocycles.